The first kappa shape index (κ1) is 15.2. The van der Waals surface area contributed by atoms with E-state index >= 15 is 0 Å². The Morgan fingerprint density at radius 2 is 1.58 bits per heavy atom. The SMILES string of the molecule is CC(C)[N-]C1CCCCC1.[CH3-].[Mg+2]. The molecular weight excluding hydrogens is 158 g/mol. The molecule has 0 aromatic rings. The summed E-state index contributed by atoms with van der Waals surface area (Å²) in [6, 6.07) is 1.25. The normalized spacial score (nSPS) is 18.2. The maximum atomic E-state index is 4.64. The van der Waals surface area contributed by atoms with Crippen LogP contribution in [0.4, 0.5) is 0 Å². The molecule has 0 saturated heterocycles. The van der Waals surface area contributed by atoms with Gasteiger partial charge in [0.05, 0.1) is 0 Å². The van der Waals surface area contributed by atoms with Crippen LogP contribution in [-0.2, 0) is 0 Å². The number of hydrogen-bond acceptors (Lipinski definition) is 0. The molecule has 1 rings (SSSR count). The second-order valence-electron chi connectivity index (χ2n) is 3.53. The fourth-order valence-electron chi connectivity index (χ4n) is 1.65. The van der Waals surface area contributed by atoms with Gasteiger partial charge in [-0.25, -0.2) is 0 Å². The Balaban J connectivity index is 0. The molecule has 1 aliphatic rings. The minimum Gasteiger partial charge on any atom is -0.657 e. The van der Waals surface area contributed by atoms with Crippen molar-refractivity contribution in [1.82, 2.24) is 0 Å². The van der Waals surface area contributed by atoms with Crippen LogP contribution < -0.4 is 0 Å². The fraction of sp³-hybridized carbons (Fsp3) is 0.900. The van der Waals surface area contributed by atoms with Gasteiger partial charge in [0, 0.05) is 0 Å². The Morgan fingerprint density at radius 1 is 1.08 bits per heavy atom. The Kier molecular flexibility index (Phi) is 10.6. The molecule has 0 aromatic carbocycles. The van der Waals surface area contributed by atoms with Gasteiger partial charge in [0.1, 0.15) is 0 Å². The molecule has 0 radical (unpaired) electrons. The van der Waals surface area contributed by atoms with Crippen molar-refractivity contribution in [1.29, 1.82) is 0 Å². The van der Waals surface area contributed by atoms with Crippen molar-refractivity contribution in [3.05, 3.63) is 12.7 Å². The van der Waals surface area contributed by atoms with E-state index in [2.05, 4.69) is 19.2 Å². The molecule has 2 heteroatoms. The summed E-state index contributed by atoms with van der Waals surface area (Å²) in [5.41, 5.74) is 0. The van der Waals surface area contributed by atoms with Crippen molar-refractivity contribution in [3.8, 4) is 0 Å². The second-order valence-corrected chi connectivity index (χ2v) is 3.53. The van der Waals surface area contributed by atoms with Crippen LogP contribution in [0.1, 0.15) is 46.0 Å². The summed E-state index contributed by atoms with van der Waals surface area (Å²) >= 11 is 0. The first-order valence-electron chi connectivity index (χ1n) is 4.49. The van der Waals surface area contributed by atoms with Gasteiger partial charge in [0.25, 0.3) is 0 Å². The van der Waals surface area contributed by atoms with E-state index in [1.54, 1.807) is 0 Å². The largest absolute Gasteiger partial charge is 2.00 e. The summed E-state index contributed by atoms with van der Waals surface area (Å²) in [5.74, 6) is 0. The van der Waals surface area contributed by atoms with Gasteiger partial charge >= 0.3 is 23.1 Å². The molecule has 0 amide bonds. The summed E-state index contributed by atoms with van der Waals surface area (Å²) in [7, 11) is 0. The molecule has 0 unspecified atom stereocenters. The Morgan fingerprint density at radius 3 is 2.00 bits per heavy atom. The van der Waals surface area contributed by atoms with E-state index < -0.39 is 0 Å². The average molecular weight is 180 g/mol. The molecule has 0 spiro atoms. The third-order valence-electron chi connectivity index (χ3n) is 2.08. The maximum absolute atomic E-state index is 4.64. The molecule has 68 valence electrons. The van der Waals surface area contributed by atoms with Crippen molar-refractivity contribution in [2.45, 2.75) is 58.0 Å². The zero-order chi connectivity index (χ0) is 7.40. The minimum atomic E-state index is 0. The van der Waals surface area contributed by atoms with Gasteiger partial charge in [-0.2, -0.15) is 0 Å². The van der Waals surface area contributed by atoms with Gasteiger partial charge in [-0.05, 0) is 0 Å². The van der Waals surface area contributed by atoms with Gasteiger partial charge < -0.3 is 12.7 Å². The van der Waals surface area contributed by atoms with Crippen molar-refractivity contribution in [2.24, 2.45) is 0 Å². The van der Waals surface area contributed by atoms with Crippen LogP contribution in [-0.4, -0.2) is 35.1 Å². The van der Waals surface area contributed by atoms with E-state index in [1.165, 1.54) is 32.1 Å². The van der Waals surface area contributed by atoms with E-state index in [0.717, 1.165) is 0 Å². The van der Waals surface area contributed by atoms with Gasteiger partial charge in [-0.3, -0.25) is 0 Å². The summed E-state index contributed by atoms with van der Waals surface area (Å²) < 4.78 is 0. The summed E-state index contributed by atoms with van der Waals surface area (Å²) in [6.45, 7) is 4.35. The van der Waals surface area contributed by atoms with Crippen LogP contribution >= 0.6 is 0 Å². The van der Waals surface area contributed by atoms with E-state index in [-0.39, 0.29) is 30.5 Å². The topological polar surface area (TPSA) is 14.1 Å². The monoisotopic (exact) mass is 179 g/mol. The molecular formula is C10H21MgN. The number of rotatable bonds is 2. The molecule has 0 aromatic heterocycles. The van der Waals surface area contributed by atoms with E-state index in [4.69, 9.17) is 0 Å². The first-order chi connectivity index (χ1) is 4.79. The van der Waals surface area contributed by atoms with Crippen molar-refractivity contribution < 1.29 is 0 Å². The molecule has 0 heterocycles. The Bertz CT molecular complexity index is 87.8. The third kappa shape index (κ3) is 6.27. The van der Waals surface area contributed by atoms with Crippen LogP contribution in [0.25, 0.3) is 5.32 Å². The quantitative estimate of drug-likeness (QED) is 0.457. The molecule has 12 heavy (non-hydrogen) atoms. The predicted molar refractivity (Wildman–Crippen MR) is 57.5 cm³/mol. The summed E-state index contributed by atoms with van der Waals surface area (Å²) in [6.07, 6.45) is 6.93. The van der Waals surface area contributed by atoms with Crippen LogP contribution in [0.3, 0.4) is 0 Å². The summed E-state index contributed by atoms with van der Waals surface area (Å²) in [4.78, 5) is 0. The van der Waals surface area contributed by atoms with Crippen LogP contribution in [0.5, 0.6) is 0 Å². The fourth-order valence-corrected chi connectivity index (χ4v) is 1.65. The average Bonchev–Trinajstić information content (AvgIpc) is 1.88. The van der Waals surface area contributed by atoms with E-state index in [0.29, 0.717) is 12.1 Å². The van der Waals surface area contributed by atoms with Crippen LogP contribution in [0.15, 0.2) is 0 Å². The zero-order valence-corrected chi connectivity index (χ0v) is 10.3. The van der Waals surface area contributed by atoms with Gasteiger partial charge in [-0.1, -0.05) is 46.0 Å². The van der Waals surface area contributed by atoms with E-state index in [9.17, 15) is 0 Å². The van der Waals surface area contributed by atoms with Crippen molar-refractivity contribution >= 4 is 23.1 Å². The Labute approximate surface area is 93.8 Å². The summed E-state index contributed by atoms with van der Waals surface area (Å²) in [5, 5.41) is 4.64. The molecule has 0 atom stereocenters. The first-order valence-corrected chi connectivity index (χ1v) is 4.49. The maximum Gasteiger partial charge on any atom is 2.00 e. The van der Waals surface area contributed by atoms with Crippen molar-refractivity contribution in [3.63, 3.8) is 0 Å². The van der Waals surface area contributed by atoms with Crippen LogP contribution in [0.2, 0.25) is 0 Å². The molecule has 1 fully saturated rings. The van der Waals surface area contributed by atoms with Gasteiger partial charge in [0.15, 0.2) is 0 Å². The molecule has 0 N–H and O–H groups in total. The molecule has 0 bridgehead atoms. The molecule has 1 nitrogen and oxygen atoms in total. The minimum absolute atomic E-state index is 0. The van der Waals surface area contributed by atoms with E-state index in [1.807, 2.05) is 0 Å². The number of nitrogens with zero attached hydrogens (tertiary/aromatic N) is 1. The second kappa shape index (κ2) is 8.33. The molecule has 1 aliphatic carbocycles. The molecule has 0 aliphatic heterocycles. The molecule has 1 saturated carbocycles. The zero-order valence-electron chi connectivity index (χ0n) is 8.84. The standard InChI is InChI=1S/C9H18N.CH3.Mg/c1-8(2)10-9-6-4-3-5-7-9;;/h8-9H,3-7H2,1-2H3;1H3;/q2*-1;+2. The van der Waals surface area contributed by atoms with Gasteiger partial charge in [-0.15, -0.1) is 12.1 Å². The predicted octanol–water partition coefficient (Wildman–Crippen LogP) is 3.17. The van der Waals surface area contributed by atoms with Crippen molar-refractivity contribution in [2.75, 3.05) is 0 Å². The third-order valence-corrected chi connectivity index (χ3v) is 2.08. The smallest absolute Gasteiger partial charge is 0.657 e. The van der Waals surface area contributed by atoms with Crippen LogP contribution in [0, 0.1) is 7.43 Å². The number of hydrogen-bond donors (Lipinski definition) is 0. The Hall–Kier alpha value is 0.726. The van der Waals surface area contributed by atoms with Gasteiger partial charge in [0.2, 0.25) is 0 Å².